The van der Waals surface area contributed by atoms with Crippen LogP contribution in [-0.2, 0) is 10.0 Å². The van der Waals surface area contributed by atoms with E-state index in [4.69, 9.17) is 0 Å². The van der Waals surface area contributed by atoms with Crippen LogP contribution in [0.4, 0.5) is 4.39 Å². The predicted molar refractivity (Wildman–Crippen MR) is 84.0 cm³/mol. The molecule has 0 spiro atoms. The molecule has 1 aliphatic heterocycles. The molecule has 0 bridgehead atoms. The molecule has 4 nitrogen and oxygen atoms in total. The van der Waals surface area contributed by atoms with Crippen LogP contribution in [0.2, 0.25) is 0 Å². The van der Waals surface area contributed by atoms with Crippen molar-refractivity contribution in [3.8, 4) is 0 Å². The fourth-order valence-corrected chi connectivity index (χ4v) is 4.64. The molecule has 0 unspecified atom stereocenters. The largest absolute Gasteiger partial charge is 0.317 e. The number of hydrogen-bond acceptors (Lipinski definition) is 3. The van der Waals surface area contributed by atoms with Crippen molar-refractivity contribution in [2.45, 2.75) is 37.6 Å². The molecule has 0 radical (unpaired) electrons. The number of halogens is 2. The quantitative estimate of drug-likeness (QED) is 0.921. The first-order valence-corrected chi connectivity index (χ1v) is 8.23. The average molecular weight is 337 g/mol. The molecule has 0 atom stereocenters. The van der Waals surface area contributed by atoms with E-state index in [-0.39, 0.29) is 23.3 Å². The molecule has 1 aliphatic rings. The topological polar surface area (TPSA) is 49.4 Å². The fourth-order valence-electron chi connectivity index (χ4n) is 2.81. The van der Waals surface area contributed by atoms with Gasteiger partial charge in [0.15, 0.2) is 0 Å². The van der Waals surface area contributed by atoms with Gasteiger partial charge in [-0.3, -0.25) is 0 Å². The minimum Gasteiger partial charge on any atom is -0.317 e. The highest BCUT2D eigenvalue weighted by molar-refractivity contribution is 7.89. The summed E-state index contributed by atoms with van der Waals surface area (Å²) in [4.78, 5) is 0.236. The standard InChI is InChI=1S/C14H21FN2O2S.ClH/c1-10-8-12(15)9-11(2)14(10)20(18,19)17(3)13-4-6-16-7-5-13;/h8-9,13,16H,4-7H2,1-3H3;1H. The smallest absolute Gasteiger partial charge is 0.243 e. The van der Waals surface area contributed by atoms with Crippen LogP contribution in [-0.4, -0.2) is 38.9 Å². The number of sulfonamides is 1. The predicted octanol–water partition coefficient (Wildman–Crippen LogP) is 2.24. The second-order valence-corrected chi connectivity index (χ2v) is 7.31. The Kier molecular flexibility index (Phi) is 6.16. The summed E-state index contributed by atoms with van der Waals surface area (Å²) < 4.78 is 40.3. The van der Waals surface area contributed by atoms with Crippen LogP contribution in [0.5, 0.6) is 0 Å². The van der Waals surface area contributed by atoms with Crippen LogP contribution < -0.4 is 5.32 Å². The van der Waals surface area contributed by atoms with Crippen LogP contribution in [0.3, 0.4) is 0 Å². The molecule has 0 amide bonds. The lowest BCUT2D eigenvalue weighted by atomic mass is 10.1. The summed E-state index contributed by atoms with van der Waals surface area (Å²) >= 11 is 0. The molecule has 0 aliphatic carbocycles. The van der Waals surface area contributed by atoms with Gasteiger partial charge in [0.05, 0.1) is 4.90 Å². The third-order valence-electron chi connectivity index (χ3n) is 3.89. The summed E-state index contributed by atoms with van der Waals surface area (Å²) in [7, 11) is -1.96. The van der Waals surface area contributed by atoms with Gasteiger partial charge in [0.1, 0.15) is 5.82 Å². The van der Waals surface area contributed by atoms with E-state index >= 15 is 0 Å². The summed E-state index contributed by atoms with van der Waals surface area (Å²) in [6.45, 7) is 4.93. The van der Waals surface area contributed by atoms with Crippen molar-refractivity contribution in [3.63, 3.8) is 0 Å². The zero-order chi connectivity index (χ0) is 14.9. The second-order valence-electron chi connectivity index (χ2n) is 5.37. The van der Waals surface area contributed by atoms with E-state index in [9.17, 15) is 12.8 Å². The van der Waals surface area contributed by atoms with E-state index in [1.165, 1.54) is 16.4 Å². The van der Waals surface area contributed by atoms with Crippen molar-refractivity contribution in [3.05, 3.63) is 29.1 Å². The average Bonchev–Trinajstić information content (AvgIpc) is 2.37. The Labute approximate surface area is 132 Å². The molecule has 7 heteroatoms. The molecule has 120 valence electrons. The van der Waals surface area contributed by atoms with Crippen LogP contribution in [0.15, 0.2) is 17.0 Å². The van der Waals surface area contributed by atoms with Gasteiger partial charge in [-0.1, -0.05) is 0 Å². The highest BCUT2D eigenvalue weighted by atomic mass is 35.5. The van der Waals surface area contributed by atoms with E-state index in [2.05, 4.69) is 5.32 Å². The Hall–Kier alpha value is -0.690. The molecular formula is C14H22ClFN2O2S. The third kappa shape index (κ3) is 3.74. The Balaban J connectivity index is 0.00000220. The summed E-state index contributed by atoms with van der Waals surface area (Å²) in [6.07, 6.45) is 1.60. The van der Waals surface area contributed by atoms with Gasteiger partial charge in [-0.2, -0.15) is 4.31 Å². The fraction of sp³-hybridized carbons (Fsp3) is 0.571. The molecule has 21 heavy (non-hydrogen) atoms. The molecule has 1 heterocycles. The normalized spacial score (nSPS) is 16.8. The van der Waals surface area contributed by atoms with Gasteiger partial charge in [-0.05, 0) is 63.0 Å². The van der Waals surface area contributed by atoms with E-state index in [0.717, 1.165) is 25.9 Å². The zero-order valence-electron chi connectivity index (χ0n) is 12.5. The molecule has 1 N–H and O–H groups in total. The first-order valence-electron chi connectivity index (χ1n) is 6.79. The number of benzene rings is 1. The van der Waals surface area contributed by atoms with E-state index in [1.54, 1.807) is 20.9 Å². The Morgan fingerprint density at radius 3 is 2.14 bits per heavy atom. The van der Waals surface area contributed by atoms with Crippen LogP contribution in [0, 0.1) is 19.7 Å². The van der Waals surface area contributed by atoms with Gasteiger partial charge in [-0.25, -0.2) is 12.8 Å². The Morgan fingerprint density at radius 1 is 1.19 bits per heavy atom. The third-order valence-corrected chi connectivity index (χ3v) is 6.10. The number of piperidine rings is 1. The van der Waals surface area contributed by atoms with Crippen LogP contribution in [0.1, 0.15) is 24.0 Å². The minimum atomic E-state index is -3.58. The first-order chi connectivity index (χ1) is 9.34. The van der Waals surface area contributed by atoms with Gasteiger partial charge in [0.2, 0.25) is 10.0 Å². The summed E-state index contributed by atoms with van der Waals surface area (Å²) in [5, 5.41) is 3.22. The Morgan fingerprint density at radius 2 is 1.67 bits per heavy atom. The molecule has 1 aromatic carbocycles. The number of nitrogens with zero attached hydrogens (tertiary/aromatic N) is 1. The second kappa shape index (κ2) is 7.05. The van der Waals surface area contributed by atoms with Crippen LogP contribution >= 0.6 is 12.4 Å². The number of rotatable bonds is 3. The zero-order valence-corrected chi connectivity index (χ0v) is 14.2. The van der Waals surface area contributed by atoms with Crippen molar-refractivity contribution in [2.24, 2.45) is 0 Å². The van der Waals surface area contributed by atoms with E-state index in [0.29, 0.717) is 11.1 Å². The van der Waals surface area contributed by atoms with Crippen molar-refractivity contribution < 1.29 is 12.8 Å². The van der Waals surface area contributed by atoms with Crippen LogP contribution in [0.25, 0.3) is 0 Å². The molecule has 0 saturated carbocycles. The van der Waals surface area contributed by atoms with E-state index < -0.39 is 15.8 Å². The lowest BCUT2D eigenvalue weighted by Gasteiger charge is -2.31. The number of aryl methyl sites for hydroxylation is 2. The van der Waals surface area contributed by atoms with Gasteiger partial charge < -0.3 is 5.32 Å². The lowest BCUT2D eigenvalue weighted by molar-refractivity contribution is 0.296. The Bertz CT molecular complexity index is 578. The lowest BCUT2D eigenvalue weighted by Crippen LogP contribution is -2.44. The number of hydrogen-bond donors (Lipinski definition) is 1. The number of nitrogens with one attached hydrogen (secondary N) is 1. The van der Waals surface area contributed by atoms with Crippen molar-refractivity contribution >= 4 is 22.4 Å². The van der Waals surface area contributed by atoms with Crippen molar-refractivity contribution in [1.29, 1.82) is 0 Å². The molecule has 0 aromatic heterocycles. The van der Waals surface area contributed by atoms with Gasteiger partial charge in [-0.15, -0.1) is 12.4 Å². The highest BCUT2D eigenvalue weighted by Gasteiger charge is 2.31. The molecule has 2 rings (SSSR count). The summed E-state index contributed by atoms with van der Waals surface area (Å²) in [5.41, 5.74) is 0.923. The monoisotopic (exact) mass is 336 g/mol. The van der Waals surface area contributed by atoms with Gasteiger partial charge in [0.25, 0.3) is 0 Å². The highest BCUT2D eigenvalue weighted by Crippen LogP contribution is 2.27. The SMILES string of the molecule is Cc1cc(F)cc(C)c1S(=O)(=O)N(C)C1CCNCC1.Cl. The molecule has 1 saturated heterocycles. The van der Waals surface area contributed by atoms with Gasteiger partial charge >= 0.3 is 0 Å². The maximum absolute atomic E-state index is 13.3. The van der Waals surface area contributed by atoms with E-state index in [1.807, 2.05) is 0 Å². The summed E-state index contributed by atoms with van der Waals surface area (Å²) in [5.74, 6) is -0.400. The van der Waals surface area contributed by atoms with Gasteiger partial charge in [0, 0.05) is 13.1 Å². The maximum atomic E-state index is 13.3. The molecular weight excluding hydrogens is 315 g/mol. The van der Waals surface area contributed by atoms with Crippen molar-refractivity contribution in [2.75, 3.05) is 20.1 Å². The van der Waals surface area contributed by atoms with Crippen molar-refractivity contribution in [1.82, 2.24) is 9.62 Å². The minimum absolute atomic E-state index is 0. The molecule has 1 fully saturated rings. The first kappa shape index (κ1) is 18.4. The maximum Gasteiger partial charge on any atom is 0.243 e. The molecule has 1 aromatic rings. The summed E-state index contributed by atoms with van der Waals surface area (Å²) in [6, 6.07) is 2.55.